The Morgan fingerprint density at radius 3 is 2.54 bits per heavy atom. The average molecular weight is 206 g/mol. The van der Waals surface area contributed by atoms with E-state index in [-0.39, 0.29) is 10.6 Å². The molecular weight excluding hydrogens is 196 g/mol. The molecule has 0 amide bonds. The Hall–Kier alpha value is -0.670. The smallest absolute Gasteiger partial charge is 0.142 e. The topological polar surface area (TPSA) is 26.0 Å². The SMILES string of the molecule is CC[C@H](N)c1cc(F)c(Cl)cc1F. The van der Waals surface area contributed by atoms with Crippen LogP contribution in [0.15, 0.2) is 12.1 Å². The minimum atomic E-state index is -0.637. The molecule has 0 bridgehead atoms. The summed E-state index contributed by atoms with van der Waals surface area (Å²) in [4.78, 5) is 0. The number of rotatable bonds is 2. The van der Waals surface area contributed by atoms with Gasteiger partial charge in [0.05, 0.1) is 5.02 Å². The highest BCUT2D eigenvalue weighted by Gasteiger charge is 2.13. The second-order valence-corrected chi connectivity index (χ2v) is 3.21. The lowest BCUT2D eigenvalue weighted by molar-refractivity contribution is 0.557. The Bertz CT molecular complexity index is 315. The van der Waals surface area contributed by atoms with Gasteiger partial charge in [-0.1, -0.05) is 18.5 Å². The molecule has 0 heterocycles. The van der Waals surface area contributed by atoms with Crippen LogP contribution in [0.1, 0.15) is 24.9 Å². The zero-order valence-electron chi connectivity index (χ0n) is 7.15. The van der Waals surface area contributed by atoms with Gasteiger partial charge < -0.3 is 5.73 Å². The summed E-state index contributed by atoms with van der Waals surface area (Å²) >= 11 is 5.38. The quantitative estimate of drug-likeness (QED) is 0.738. The molecule has 0 saturated heterocycles. The molecule has 0 aliphatic rings. The van der Waals surface area contributed by atoms with Crippen molar-refractivity contribution in [2.75, 3.05) is 0 Å². The van der Waals surface area contributed by atoms with E-state index >= 15 is 0 Å². The molecule has 0 spiro atoms. The van der Waals surface area contributed by atoms with Gasteiger partial charge in [-0.2, -0.15) is 0 Å². The van der Waals surface area contributed by atoms with E-state index in [1.807, 2.05) is 0 Å². The third-order valence-electron chi connectivity index (χ3n) is 1.88. The number of hydrogen-bond donors (Lipinski definition) is 1. The first-order chi connectivity index (χ1) is 6.06. The van der Waals surface area contributed by atoms with Gasteiger partial charge in [0.15, 0.2) is 0 Å². The van der Waals surface area contributed by atoms with E-state index in [2.05, 4.69) is 0 Å². The number of halogens is 3. The van der Waals surface area contributed by atoms with Crippen LogP contribution in [0, 0.1) is 11.6 Å². The van der Waals surface area contributed by atoms with Gasteiger partial charge in [0, 0.05) is 11.6 Å². The van der Waals surface area contributed by atoms with Crippen molar-refractivity contribution in [3.8, 4) is 0 Å². The van der Waals surface area contributed by atoms with Crippen LogP contribution in [0.2, 0.25) is 5.02 Å². The molecule has 1 aromatic rings. The molecule has 1 rings (SSSR count). The summed E-state index contributed by atoms with van der Waals surface area (Å²) in [5, 5.41) is -0.218. The second-order valence-electron chi connectivity index (χ2n) is 2.80. The van der Waals surface area contributed by atoms with Gasteiger partial charge in [-0.05, 0) is 18.6 Å². The van der Waals surface area contributed by atoms with Gasteiger partial charge in [0.25, 0.3) is 0 Å². The normalized spacial score (nSPS) is 13.0. The lowest BCUT2D eigenvalue weighted by Crippen LogP contribution is -2.11. The van der Waals surface area contributed by atoms with Crippen molar-refractivity contribution in [2.24, 2.45) is 5.73 Å². The van der Waals surface area contributed by atoms with Gasteiger partial charge in [-0.15, -0.1) is 0 Å². The highest BCUT2D eigenvalue weighted by atomic mass is 35.5. The molecule has 1 nitrogen and oxygen atoms in total. The zero-order chi connectivity index (χ0) is 10.0. The molecule has 4 heteroatoms. The van der Waals surface area contributed by atoms with Crippen LogP contribution in [0.25, 0.3) is 0 Å². The van der Waals surface area contributed by atoms with Crippen molar-refractivity contribution < 1.29 is 8.78 Å². The predicted molar refractivity (Wildman–Crippen MR) is 48.6 cm³/mol. The molecule has 13 heavy (non-hydrogen) atoms. The molecule has 0 unspecified atom stereocenters. The molecule has 0 aromatic heterocycles. The summed E-state index contributed by atoms with van der Waals surface area (Å²) in [7, 11) is 0. The van der Waals surface area contributed by atoms with Crippen LogP contribution in [0.3, 0.4) is 0 Å². The maximum absolute atomic E-state index is 13.1. The van der Waals surface area contributed by atoms with Crippen molar-refractivity contribution in [3.05, 3.63) is 34.4 Å². The van der Waals surface area contributed by atoms with Gasteiger partial charge in [0.2, 0.25) is 0 Å². The highest BCUT2D eigenvalue weighted by Crippen LogP contribution is 2.23. The van der Waals surface area contributed by atoms with Gasteiger partial charge in [-0.25, -0.2) is 8.78 Å². The minimum absolute atomic E-state index is 0.171. The van der Waals surface area contributed by atoms with Crippen molar-refractivity contribution in [2.45, 2.75) is 19.4 Å². The fraction of sp³-hybridized carbons (Fsp3) is 0.333. The minimum Gasteiger partial charge on any atom is -0.324 e. The molecule has 1 aromatic carbocycles. The van der Waals surface area contributed by atoms with Crippen LogP contribution in [0.5, 0.6) is 0 Å². The van der Waals surface area contributed by atoms with E-state index in [4.69, 9.17) is 17.3 Å². The summed E-state index contributed by atoms with van der Waals surface area (Å²) in [6.45, 7) is 1.80. The first-order valence-corrected chi connectivity index (χ1v) is 4.34. The maximum Gasteiger partial charge on any atom is 0.142 e. The molecule has 1 atom stereocenters. The first-order valence-electron chi connectivity index (χ1n) is 3.96. The van der Waals surface area contributed by atoms with E-state index in [0.29, 0.717) is 6.42 Å². The fourth-order valence-electron chi connectivity index (χ4n) is 1.04. The summed E-state index contributed by atoms with van der Waals surface area (Å²) in [6, 6.07) is 1.51. The Kier molecular flexibility index (Phi) is 3.22. The number of nitrogens with two attached hydrogens (primary N) is 1. The zero-order valence-corrected chi connectivity index (χ0v) is 7.91. The molecule has 0 radical (unpaired) electrons. The largest absolute Gasteiger partial charge is 0.324 e. The fourth-order valence-corrected chi connectivity index (χ4v) is 1.19. The Morgan fingerprint density at radius 1 is 1.38 bits per heavy atom. The van der Waals surface area contributed by atoms with Crippen LogP contribution >= 0.6 is 11.6 Å². The second kappa shape index (κ2) is 4.03. The van der Waals surface area contributed by atoms with Gasteiger partial charge in [-0.3, -0.25) is 0 Å². The van der Waals surface area contributed by atoms with Gasteiger partial charge >= 0.3 is 0 Å². The number of benzene rings is 1. The van der Waals surface area contributed by atoms with Crippen LogP contribution < -0.4 is 5.73 Å². The third kappa shape index (κ3) is 2.17. The number of hydrogen-bond acceptors (Lipinski definition) is 1. The van der Waals surface area contributed by atoms with E-state index in [9.17, 15) is 8.78 Å². The van der Waals surface area contributed by atoms with Crippen molar-refractivity contribution in [1.29, 1.82) is 0 Å². The molecule has 72 valence electrons. The molecular formula is C9H10ClF2N. The molecule has 2 N–H and O–H groups in total. The van der Waals surface area contributed by atoms with Crippen molar-refractivity contribution >= 4 is 11.6 Å². The Labute approximate surface area is 80.5 Å². The predicted octanol–water partition coefficient (Wildman–Crippen LogP) is 3.03. The van der Waals surface area contributed by atoms with Crippen LogP contribution in [-0.4, -0.2) is 0 Å². The summed E-state index contributed by atoms with van der Waals surface area (Å²) in [6.07, 6.45) is 0.554. The molecule has 0 aliphatic heterocycles. The molecule has 0 fully saturated rings. The van der Waals surface area contributed by atoms with Crippen molar-refractivity contribution in [3.63, 3.8) is 0 Å². The van der Waals surface area contributed by atoms with E-state index < -0.39 is 17.7 Å². The Balaban J connectivity index is 3.15. The maximum atomic E-state index is 13.1. The Morgan fingerprint density at radius 2 is 2.00 bits per heavy atom. The monoisotopic (exact) mass is 205 g/mol. The molecule has 0 saturated carbocycles. The van der Waals surface area contributed by atoms with Gasteiger partial charge in [0.1, 0.15) is 11.6 Å². The van der Waals surface area contributed by atoms with E-state index in [1.165, 1.54) is 0 Å². The summed E-state index contributed by atoms with van der Waals surface area (Å²) in [5.74, 6) is -1.19. The lowest BCUT2D eigenvalue weighted by Gasteiger charge is -2.10. The van der Waals surface area contributed by atoms with Crippen molar-refractivity contribution in [1.82, 2.24) is 0 Å². The highest BCUT2D eigenvalue weighted by molar-refractivity contribution is 6.30. The standard InChI is InChI=1S/C9H10ClF2N/c1-2-9(13)5-3-8(12)6(10)4-7(5)11/h3-4,9H,2,13H2,1H3/t9-/m0/s1. The van der Waals surface area contributed by atoms with E-state index in [0.717, 1.165) is 12.1 Å². The first kappa shape index (κ1) is 10.4. The van der Waals surface area contributed by atoms with E-state index in [1.54, 1.807) is 6.92 Å². The summed E-state index contributed by atoms with van der Waals surface area (Å²) < 4.78 is 26.0. The summed E-state index contributed by atoms with van der Waals surface area (Å²) in [5.41, 5.74) is 5.74. The lowest BCUT2D eigenvalue weighted by atomic mass is 10.0. The van der Waals surface area contributed by atoms with Crippen LogP contribution in [0.4, 0.5) is 8.78 Å². The average Bonchev–Trinajstić information content (AvgIpc) is 2.10. The third-order valence-corrected chi connectivity index (χ3v) is 2.17. The molecule has 0 aliphatic carbocycles. The van der Waals surface area contributed by atoms with Crippen LogP contribution in [-0.2, 0) is 0 Å².